The van der Waals surface area contributed by atoms with Gasteiger partial charge in [-0.25, -0.2) is 12.7 Å². The van der Waals surface area contributed by atoms with Gasteiger partial charge in [0.1, 0.15) is 0 Å². The zero-order chi connectivity index (χ0) is 21.6. The van der Waals surface area contributed by atoms with Crippen molar-refractivity contribution in [1.82, 2.24) is 4.31 Å². The van der Waals surface area contributed by atoms with Crippen LogP contribution in [0.25, 0.3) is 33.0 Å². The molecule has 5 rings (SSSR count). The molecule has 0 radical (unpaired) electrons. The molecule has 0 N–H and O–H groups in total. The number of aryl methyl sites for hydroxylation is 1. The number of carbonyl (C=O) groups excluding carboxylic acids is 1. The van der Waals surface area contributed by atoms with Gasteiger partial charge in [-0.3, -0.25) is 4.79 Å². The van der Waals surface area contributed by atoms with Gasteiger partial charge < -0.3 is 0 Å². The Kier molecular flexibility index (Phi) is 4.63. The first-order chi connectivity index (χ1) is 15.0. The number of hydrogen-bond acceptors (Lipinski definition) is 3. The van der Waals surface area contributed by atoms with Crippen LogP contribution in [0, 0.1) is 0 Å². The SMILES string of the molecule is CN1C(=O)CCc2cc3ccccc3c(-c3ccccc3)c2-c2ccccc2S1(=O)=O. The van der Waals surface area contributed by atoms with Gasteiger partial charge in [-0.05, 0) is 45.5 Å². The molecule has 4 aromatic rings. The van der Waals surface area contributed by atoms with E-state index in [2.05, 4.69) is 18.2 Å². The Morgan fingerprint density at radius 2 is 1.45 bits per heavy atom. The van der Waals surface area contributed by atoms with Crippen LogP contribution in [0.1, 0.15) is 12.0 Å². The number of rotatable bonds is 1. The highest BCUT2D eigenvalue weighted by Crippen LogP contribution is 2.44. The van der Waals surface area contributed by atoms with Crippen molar-refractivity contribution in [2.24, 2.45) is 0 Å². The molecular weight excluding hydrogens is 406 g/mol. The van der Waals surface area contributed by atoms with Crippen LogP contribution < -0.4 is 0 Å². The van der Waals surface area contributed by atoms with Crippen molar-refractivity contribution >= 4 is 26.7 Å². The predicted molar refractivity (Wildman–Crippen MR) is 123 cm³/mol. The summed E-state index contributed by atoms with van der Waals surface area (Å²) in [6, 6.07) is 27.2. The third-order valence-electron chi connectivity index (χ3n) is 5.95. The molecule has 0 spiro atoms. The van der Waals surface area contributed by atoms with Crippen LogP contribution in [0.2, 0.25) is 0 Å². The molecule has 0 aliphatic carbocycles. The van der Waals surface area contributed by atoms with E-state index in [1.807, 2.05) is 54.6 Å². The fourth-order valence-electron chi connectivity index (χ4n) is 4.39. The summed E-state index contributed by atoms with van der Waals surface area (Å²) in [5.74, 6) is -0.405. The Balaban J connectivity index is 1.99. The minimum absolute atomic E-state index is 0.128. The Hall–Kier alpha value is -3.44. The van der Waals surface area contributed by atoms with Crippen LogP contribution in [-0.2, 0) is 21.2 Å². The Morgan fingerprint density at radius 3 is 2.26 bits per heavy atom. The fourth-order valence-corrected chi connectivity index (χ4v) is 5.75. The summed E-state index contributed by atoms with van der Waals surface area (Å²) in [6.07, 6.45) is 0.594. The molecule has 1 aliphatic rings. The smallest absolute Gasteiger partial charge is 0.266 e. The first-order valence-corrected chi connectivity index (χ1v) is 11.6. The van der Waals surface area contributed by atoms with Crippen molar-refractivity contribution in [3.05, 3.63) is 90.5 Å². The van der Waals surface area contributed by atoms with E-state index in [1.165, 1.54) is 7.05 Å². The standard InChI is InChI=1S/C26H21NO3S/c1-27-24(28)16-15-20-17-19-11-5-6-12-21(19)25(18-9-3-2-4-10-18)26(20)22-13-7-8-14-23(22)31(27,29)30/h2-14,17H,15-16H2,1H3. The highest BCUT2D eigenvalue weighted by atomic mass is 32.2. The summed E-state index contributed by atoms with van der Waals surface area (Å²) < 4.78 is 27.6. The maximum Gasteiger partial charge on any atom is 0.266 e. The predicted octanol–water partition coefficient (Wildman–Crippen LogP) is 5.27. The van der Waals surface area contributed by atoms with Crippen LogP contribution in [-0.4, -0.2) is 25.7 Å². The number of amides is 1. The number of nitrogens with zero attached hydrogens (tertiary/aromatic N) is 1. The van der Waals surface area contributed by atoms with E-state index >= 15 is 0 Å². The van der Waals surface area contributed by atoms with Gasteiger partial charge in [-0.2, -0.15) is 0 Å². The van der Waals surface area contributed by atoms with Crippen molar-refractivity contribution < 1.29 is 13.2 Å². The Morgan fingerprint density at radius 1 is 0.774 bits per heavy atom. The minimum atomic E-state index is -3.96. The van der Waals surface area contributed by atoms with Crippen LogP contribution in [0.5, 0.6) is 0 Å². The van der Waals surface area contributed by atoms with Crippen molar-refractivity contribution in [3.8, 4) is 22.3 Å². The molecule has 1 amide bonds. The van der Waals surface area contributed by atoms with Crippen molar-refractivity contribution in [2.75, 3.05) is 7.05 Å². The molecule has 31 heavy (non-hydrogen) atoms. The molecule has 1 heterocycles. The second-order valence-corrected chi connectivity index (χ2v) is 9.67. The largest absolute Gasteiger partial charge is 0.274 e. The number of fused-ring (bicyclic) bond motifs is 4. The third-order valence-corrected chi connectivity index (χ3v) is 7.78. The average Bonchev–Trinajstić information content (AvgIpc) is 2.83. The summed E-state index contributed by atoms with van der Waals surface area (Å²) in [5, 5.41) is 2.12. The van der Waals surface area contributed by atoms with E-state index in [-0.39, 0.29) is 11.3 Å². The van der Waals surface area contributed by atoms with E-state index < -0.39 is 15.9 Å². The Labute approximate surface area is 181 Å². The van der Waals surface area contributed by atoms with Gasteiger partial charge in [-0.15, -0.1) is 0 Å². The zero-order valence-corrected chi connectivity index (χ0v) is 17.9. The van der Waals surface area contributed by atoms with E-state index in [1.54, 1.807) is 12.1 Å². The van der Waals surface area contributed by atoms with E-state index in [4.69, 9.17) is 0 Å². The van der Waals surface area contributed by atoms with Gasteiger partial charge in [0.15, 0.2) is 0 Å². The quantitative estimate of drug-likeness (QED) is 0.416. The summed E-state index contributed by atoms with van der Waals surface area (Å²) in [4.78, 5) is 12.9. The van der Waals surface area contributed by atoms with E-state index in [9.17, 15) is 13.2 Å². The van der Waals surface area contributed by atoms with Crippen LogP contribution >= 0.6 is 0 Å². The maximum atomic E-state index is 13.4. The van der Waals surface area contributed by atoms with E-state index in [0.717, 1.165) is 37.3 Å². The zero-order valence-electron chi connectivity index (χ0n) is 17.1. The molecule has 5 heteroatoms. The topological polar surface area (TPSA) is 54.5 Å². The molecule has 0 bridgehead atoms. The van der Waals surface area contributed by atoms with Gasteiger partial charge in [0.05, 0.1) is 4.90 Å². The fraction of sp³-hybridized carbons (Fsp3) is 0.115. The first kappa shape index (κ1) is 19.5. The van der Waals surface area contributed by atoms with Crippen LogP contribution in [0.4, 0.5) is 0 Å². The highest BCUT2D eigenvalue weighted by Gasteiger charge is 2.31. The number of benzene rings is 4. The van der Waals surface area contributed by atoms with Gasteiger partial charge in [-0.1, -0.05) is 78.9 Å². The molecule has 4 aromatic carbocycles. The Bertz CT molecular complexity index is 1430. The molecule has 0 fully saturated rings. The molecule has 1 aliphatic heterocycles. The summed E-state index contributed by atoms with van der Waals surface area (Å²) in [6.45, 7) is 0. The van der Waals surface area contributed by atoms with E-state index in [0.29, 0.717) is 12.0 Å². The third kappa shape index (κ3) is 3.13. The molecule has 154 valence electrons. The molecule has 0 saturated carbocycles. The molecule has 0 unspecified atom stereocenters. The lowest BCUT2D eigenvalue weighted by Gasteiger charge is -2.21. The lowest BCUT2D eigenvalue weighted by atomic mass is 9.85. The molecule has 0 saturated heterocycles. The number of sulfonamides is 1. The van der Waals surface area contributed by atoms with Crippen molar-refractivity contribution in [1.29, 1.82) is 0 Å². The summed E-state index contributed by atoms with van der Waals surface area (Å²) in [5.41, 5.74) is 4.50. The normalized spacial score (nSPS) is 15.5. The highest BCUT2D eigenvalue weighted by molar-refractivity contribution is 7.89. The second-order valence-electron chi connectivity index (χ2n) is 7.74. The second kappa shape index (κ2) is 7.36. The molecule has 4 nitrogen and oxygen atoms in total. The van der Waals surface area contributed by atoms with Gasteiger partial charge in [0, 0.05) is 19.0 Å². The number of carbonyl (C=O) groups is 1. The van der Waals surface area contributed by atoms with Gasteiger partial charge in [0.25, 0.3) is 10.0 Å². The number of hydrogen-bond donors (Lipinski definition) is 0. The van der Waals surface area contributed by atoms with Gasteiger partial charge >= 0.3 is 0 Å². The monoisotopic (exact) mass is 427 g/mol. The van der Waals surface area contributed by atoms with Crippen LogP contribution in [0.15, 0.2) is 89.8 Å². The van der Waals surface area contributed by atoms with Gasteiger partial charge in [0.2, 0.25) is 5.91 Å². The van der Waals surface area contributed by atoms with Crippen molar-refractivity contribution in [2.45, 2.75) is 17.7 Å². The lowest BCUT2D eigenvalue weighted by molar-refractivity contribution is -0.125. The van der Waals surface area contributed by atoms with Crippen LogP contribution in [0.3, 0.4) is 0 Å². The molecule has 0 atom stereocenters. The summed E-state index contributed by atoms with van der Waals surface area (Å²) in [7, 11) is -2.62. The molecular formula is C26H21NO3S. The minimum Gasteiger partial charge on any atom is -0.274 e. The average molecular weight is 428 g/mol. The maximum absolute atomic E-state index is 13.4. The first-order valence-electron chi connectivity index (χ1n) is 10.2. The summed E-state index contributed by atoms with van der Waals surface area (Å²) >= 11 is 0. The molecule has 0 aromatic heterocycles. The van der Waals surface area contributed by atoms with Crippen molar-refractivity contribution in [3.63, 3.8) is 0 Å². The lowest BCUT2D eigenvalue weighted by Crippen LogP contribution is -2.33.